The molecule has 1 heterocycles. The number of benzene rings is 1. The van der Waals surface area contributed by atoms with Crippen molar-refractivity contribution in [1.82, 2.24) is 9.21 Å². The SMILES string of the molecule is CCS(=O)(=O)N1CCN(C(C)CCc2ccccc2)CC1.O=C(O)C(=O)O. The Kier molecular flexibility index (Phi) is 9.40. The standard InChI is InChI=1S/C16H26N2O2S.C2H2O4/c1-3-21(19,20)18-13-11-17(12-14-18)15(2)9-10-16-7-5-4-6-8-16;3-1(4)2(5)6/h4-8,15H,3,9-14H2,1-2H3;(H,3,4)(H,5,6). The lowest BCUT2D eigenvalue weighted by Crippen LogP contribution is -2.51. The van der Waals surface area contributed by atoms with E-state index in [0.717, 1.165) is 25.9 Å². The molecule has 0 radical (unpaired) electrons. The van der Waals surface area contributed by atoms with Crippen molar-refractivity contribution in [3.05, 3.63) is 35.9 Å². The Labute approximate surface area is 160 Å². The molecular weight excluding hydrogens is 372 g/mol. The molecule has 27 heavy (non-hydrogen) atoms. The largest absolute Gasteiger partial charge is 0.473 e. The van der Waals surface area contributed by atoms with Crippen LogP contribution in [0.2, 0.25) is 0 Å². The van der Waals surface area contributed by atoms with Gasteiger partial charge in [0.2, 0.25) is 10.0 Å². The van der Waals surface area contributed by atoms with Gasteiger partial charge in [-0.2, -0.15) is 4.31 Å². The maximum atomic E-state index is 11.8. The predicted octanol–water partition coefficient (Wildman–Crippen LogP) is 1.13. The second-order valence-electron chi connectivity index (χ2n) is 6.32. The fraction of sp³-hybridized carbons (Fsp3) is 0.556. The second-order valence-corrected chi connectivity index (χ2v) is 8.58. The maximum absolute atomic E-state index is 11.8. The smallest absolute Gasteiger partial charge is 0.414 e. The first kappa shape index (κ1) is 23.1. The third kappa shape index (κ3) is 8.06. The summed E-state index contributed by atoms with van der Waals surface area (Å²) in [5, 5.41) is 14.8. The Hall–Kier alpha value is -1.97. The lowest BCUT2D eigenvalue weighted by Gasteiger charge is -2.37. The van der Waals surface area contributed by atoms with E-state index >= 15 is 0 Å². The van der Waals surface area contributed by atoms with Crippen LogP contribution in [-0.2, 0) is 26.0 Å². The topological polar surface area (TPSA) is 115 Å². The van der Waals surface area contributed by atoms with E-state index in [0.29, 0.717) is 19.1 Å². The van der Waals surface area contributed by atoms with Crippen molar-refractivity contribution in [1.29, 1.82) is 0 Å². The molecule has 1 fully saturated rings. The molecule has 1 aromatic carbocycles. The van der Waals surface area contributed by atoms with Crippen molar-refractivity contribution in [3.8, 4) is 0 Å². The minimum Gasteiger partial charge on any atom is -0.473 e. The summed E-state index contributed by atoms with van der Waals surface area (Å²) < 4.78 is 25.3. The van der Waals surface area contributed by atoms with Crippen LogP contribution in [0.25, 0.3) is 0 Å². The van der Waals surface area contributed by atoms with Gasteiger partial charge in [0.1, 0.15) is 0 Å². The van der Waals surface area contributed by atoms with Crippen LogP contribution in [0.5, 0.6) is 0 Å². The summed E-state index contributed by atoms with van der Waals surface area (Å²) in [6.07, 6.45) is 2.19. The first-order chi connectivity index (χ1) is 12.7. The van der Waals surface area contributed by atoms with Gasteiger partial charge in [-0.25, -0.2) is 18.0 Å². The first-order valence-electron chi connectivity index (χ1n) is 8.89. The predicted molar refractivity (Wildman–Crippen MR) is 102 cm³/mol. The van der Waals surface area contributed by atoms with Crippen molar-refractivity contribution in [3.63, 3.8) is 0 Å². The molecule has 1 aromatic rings. The summed E-state index contributed by atoms with van der Waals surface area (Å²) in [4.78, 5) is 20.6. The summed E-state index contributed by atoms with van der Waals surface area (Å²) in [5.41, 5.74) is 1.37. The molecule has 0 aromatic heterocycles. The Bertz CT molecular complexity index is 688. The molecule has 9 heteroatoms. The Balaban J connectivity index is 0.000000527. The number of carboxylic acid groups (broad SMARTS) is 2. The fourth-order valence-corrected chi connectivity index (χ4v) is 3.89. The highest BCUT2D eigenvalue weighted by molar-refractivity contribution is 7.89. The molecule has 1 unspecified atom stereocenters. The van der Waals surface area contributed by atoms with E-state index in [1.165, 1.54) is 5.56 Å². The Morgan fingerprint density at radius 2 is 1.56 bits per heavy atom. The van der Waals surface area contributed by atoms with Crippen LogP contribution in [0.15, 0.2) is 30.3 Å². The highest BCUT2D eigenvalue weighted by atomic mass is 32.2. The molecule has 2 N–H and O–H groups in total. The number of carbonyl (C=O) groups is 2. The molecule has 0 saturated carbocycles. The van der Waals surface area contributed by atoms with Gasteiger partial charge in [-0.1, -0.05) is 30.3 Å². The number of nitrogens with zero attached hydrogens (tertiary/aromatic N) is 2. The lowest BCUT2D eigenvalue weighted by atomic mass is 10.0. The molecule has 0 amide bonds. The second kappa shape index (κ2) is 11.0. The maximum Gasteiger partial charge on any atom is 0.414 e. The van der Waals surface area contributed by atoms with Gasteiger partial charge in [0.25, 0.3) is 0 Å². The van der Waals surface area contributed by atoms with Crippen molar-refractivity contribution >= 4 is 22.0 Å². The molecular formula is C18H28N2O6S. The van der Waals surface area contributed by atoms with Gasteiger partial charge in [0.05, 0.1) is 5.75 Å². The van der Waals surface area contributed by atoms with E-state index < -0.39 is 22.0 Å². The number of sulfonamides is 1. The first-order valence-corrected chi connectivity index (χ1v) is 10.5. The zero-order valence-electron chi connectivity index (χ0n) is 15.7. The highest BCUT2D eigenvalue weighted by Crippen LogP contribution is 2.14. The molecule has 152 valence electrons. The van der Waals surface area contributed by atoms with Crippen LogP contribution in [-0.4, -0.2) is 77.7 Å². The summed E-state index contributed by atoms with van der Waals surface area (Å²) in [6, 6.07) is 11.0. The third-order valence-corrected chi connectivity index (χ3v) is 6.41. The monoisotopic (exact) mass is 400 g/mol. The summed E-state index contributed by atoms with van der Waals surface area (Å²) in [6.45, 7) is 6.90. The van der Waals surface area contributed by atoms with Crippen LogP contribution in [0.3, 0.4) is 0 Å². The van der Waals surface area contributed by atoms with Gasteiger partial charge >= 0.3 is 11.9 Å². The van der Waals surface area contributed by atoms with E-state index in [1.54, 1.807) is 11.2 Å². The number of aryl methyl sites for hydroxylation is 1. The van der Waals surface area contributed by atoms with Crippen LogP contribution in [0.4, 0.5) is 0 Å². The van der Waals surface area contributed by atoms with Crippen molar-refractivity contribution in [2.24, 2.45) is 0 Å². The third-order valence-electron chi connectivity index (χ3n) is 4.53. The van der Waals surface area contributed by atoms with Gasteiger partial charge in [-0.05, 0) is 32.3 Å². The molecule has 0 bridgehead atoms. The normalized spacial score (nSPS) is 16.8. The van der Waals surface area contributed by atoms with E-state index in [-0.39, 0.29) is 5.75 Å². The lowest BCUT2D eigenvalue weighted by molar-refractivity contribution is -0.159. The van der Waals surface area contributed by atoms with Crippen LogP contribution < -0.4 is 0 Å². The molecule has 1 atom stereocenters. The quantitative estimate of drug-likeness (QED) is 0.688. The van der Waals surface area contributed by atoms with Crippen molar-refractivity contribution < 1.29 is 28.2 Å². The zero-order chi connectivity index (χ0) is 20.4. The molecule has 1 aliphatic heterocycles. The zero-order valence-corrected chi connectivity index (χ0v) is 16.6. The average Bonchev–Trinajstić information content (AvgIpc) is 2.67. The Morgan fingerprint density at radius 3 is 2.00 bits per heavy atom. The van der Waals surface area contributed by atoms with E-state index in [9.17, 15) is 8.42 Å². The molecule has 8 nitrogen and oxygen atoms in total. The van der Waals surface area contributed by atoms with Crippen molar-refractivity contribution in [2.75, 3.05) is 31.9 Å². The highest BCUT2D eigenvalue weighted by Gasteiger charge is 2.27. The molecule has 2 rings (SSSR count). The van der Waals surface area contributed by atoms with Gasteiger partial charge < -0.3 is 10.2 Å². The van der Waals surface area contributed by atoms with E-state index in [4.69, 9.17) is 19.8 Å². The Morgan fingerprint density at radius 1 is 1.04 bits per heavy atom. The molecule has 0 aliphatic carbocycles. The molecule has 1 saturated heterocycles. The summed E-state index contributed by atoms with van der Waals surface area (Å²) in [7, 11) is -3.02. The number of hydrogen-bond acceptors (Lipinski definition) is 5. The number of rotatable bonds is 6. The minimum absolute atomic E-state index is 0.205. The minimum atomic E-state index is -3.02. The number of aliphatic carboxylic acids is 2. The molecule has 1 aliphatic rings. The van der Waals surface area contributed by atoms with Crippen LogP contribution >= 0.6 is 0 Å². The fourth-order valence-electron chi connectivity index (χ4n) is 2.81. The number of piperazine rings is 1. The van der Waals surface area contributed by atoms with Crippen LogP contribution in [0, 0.1) is 0 Å². The van der Waals surface area contributed by atoms with Gasteiger partial charge in [-0.3, -0.25) is 4.90 Å². The molecule has 0 spiro atoms. The van der Waals surface area contributed by atoms with Crippen LogP contribution in [0.1, 0.15) is 25.8 Å². The van der Waals surface area contributed by atoms with Gasteiger partial charge in [0, 0.05) is 32.2 Å². The summed E-state index contributed by atoms with van der Waals surface area (Å²) >= 11 is 0. The van der Waals surface area contributed by atoms with Crippen molar-refractivity contribution in [2.45, 2.75) is 32.7 Å². The van der Waals surface area contributed by atoms with E-state index in [2.05, 4.69) is 36.1 Å². The number of carboxylic acids is 2. The average molecular weight is 400 g/mol. The van der Waals surface area contributed by atoms with Gasteiger partial charge in [-0.15, -0.1) is 0 Å². The van der Waals surface area contributed by atoms with Gasteiger partial charge in [0.15, 0.2) is 0 Å². The number of hydrogen-bond donors (Lipinski definition) is 2. The summed E-state index contributed by atoms with van der Waals surface area (Å²) in [5.74, 6) is -3.44. The van der Waals surface area contributed by atoms with E-state index in [1.807, 2.05) is 6.07 Å².